The zero-order valence-corrected chi connectivity index (χ0v) is 15.3. The first kappa shape index (κ1) is 19.9. The number of hydrogen-bond donors (Lipinski definition) is 1. The molecule has 1 fully saturated rings. The number of carbonyl (C=O) groups is 2. The van der Waals surface area contributed by atoms with Gasteiger partial charge in [-0.3, -0.25) is 14.6 Å². The molecule has 1 aromatic heterocycles. The van der Waals surface area contributed by atoms with Gasteiger partial charge in [-0.2, -0.15) is 0 Å². The molecule has 0 bridgehead atoms. The first-order valence-corrected chi connectivity index (χ1v) is 9.14. The van der Waals surface area contributed by atoms with Gasteiger partial charge in [-0.05, 0) is 49.9 Å². The van der Waals surface area contributed by atoms with Gasteiger partial charge in [0.05, 0.1) is 5.69 Å². The van der Waals surface area contributed by atoms with Gasteiger partial charge in [0.1, 0.15) is 5.69 Å². The number of nitrogens with one attached hydrogen (secondary N) is 1. The molecule has 1 saturated heterocycles. The molecule has 2 amide bonds. The molecule has 1 aromatic carbocycles. The van der Waals surface area contributed by atoms with Crippen molar-refractivity contribution >= 4 is 17.5 Å². The zero-order chi connectivity index (χ0) is 20.3. The fourth-order valence-electron chi connectivity index (χ4n) is 3.35. The number of benzene rings is 1. The Kier molecular flexibility index (Phi) is 5.96. The summed E-state index contributed by atoms with van der Waals surface area (Å²) in [5.74, 6) is -5.55. The maximum absolute atomic E-state index is 13.8. The van der Waals surface area contributed by atoms with Crippen LogP contribution in [0.2, 0.25) is 0 Å². The molecule has 0 radical (unpaired) electrons. The molecule has 2 aromatic rings. The molecular formula is C20H20F3N3O2. The van der Waals surface area contributed by atoms with Gasteiger partial charge in [-0.15, -0.1) is 0 Å². The number of nitrogens with zero attached hydrogens (tertiary/aromatic N) is 2. The predicted octanol–water partition coefficient (Wildman–Crippen LogP) is 4.16. The molecule has 1 N–H and O–H groups in total. The number of pyridine rings is 1. The van der Waals surface area contributed by atoms with Crippen molar-refractivity contribution in [1.82, 2.24) is 9.88 Å². The molecular weight excluding hydrogens is 371 g/mol. The average Bonchev–Trinajstić information content (AvgIpc) is 2.73. The highest BCUT2D eigenvalue weighted by Gasteiger charge is 2.27. The number of halogens is 3. The summed E-state index contributed by atoms with van der Waals surface area (Å²) in [5.41, 5.74) is -0.337. The molecule has 8 heteroatoms. The Balaban J connectivity index is 1.80. The lowest BCUT2D eigenvalue weighted by Gasteiger charge is -2.35. The lowest BCUT2D eigenvalue weighted by Crippen LogP contribution is -2.43. The largest absolute Gasteiger partial charge is 0.336 e. The van der Waals surface area contributed by atoms with Crippen molar-refractivity contribution < 1.29 is 22.8 Å². The van der Waals surface area contributed by atoms with E-state index in [-0.39, 0.29) is 17.6 Å². The first-order chi connectivity index (χ1) is 13.4. The smallest absolute Gasteiger partial charge is 0.274 e. The molecule has 28 heavy (non-hydrogen) atoms. The number of rotatable bonds is 4. The Morgan fingerprint density at radius 1 is 1.18 bits per heavy atom. The van der Waals surface area contributed by atoms with Crippen molar-refractivity contribution in [2.24, 2.45) is 0 Å². The van der Waals surface area contributed by atoms with E-state index in [9.17, 15) is 22.8 Å². The van der Waals surface area contributed by atoms with Crippen LogP contribution in [0.15, 0.2) is 30.5 Å². The van der Waals surface area contributed by atoms with Crippen molar-refractivity contribution in [2.45, 2.75) is 38.6 Å². The van der Waals surface area contributed by atoms with E-state index < -0.39 is 29.0 Å². The van der Waals surface area contributed by atoms with Crippen LogP contribution in [-0.4, -0.2) is 34.3 Å². The summed E-state index contributed by atoms with van der Waals surface area (Å²) >= 11 is 0. The molecule has 5 nitrogen and oxygen atoms in total. The van der Waals surface area contributed by atoms with Crippen LogP contribution >= 0.6 is 0 Å². The van der Waals surface area contributed by atoms with Gasteiger partial charge in [-0.25, -0.2) is 13.2 Å². The quantitative estimate of drug-likeness (QED) is 0.797. The number of piperidine rings is 1. The highest BCUT2D eigenvalue weighted by molar-refractivity contribution is 6.04. The predicted molar refractivity (Wildman–Crippen MR) is 97.5 cm³/mol. The fraction of sp³-hybridized carbons (Fsp3) is 0.350. The highest BCUT2D eigenvalue weighted by Crippen LogP contribution is 2.23. The van der Waals surface area contributed by atoms with E-state index in [0.29, 0.717) is 18.2 Å². The monoisotopic (exact) mass is 391 g/mol. The third kappa shape index (κ3) is 4.00. The SMILES string of the molecule is CCC1CCCCN1C(=O)c1ccnc(C(=O)Nc2ccc(F)c(F)c2F)c1. The van der Waals surface area contributed by atoms with E-state index in [1.165, 1.54) is 18.3 Å². The van der Waals surface area contributed by atoms with Crippen LogP contribution in [0, 0.1) is 17.5 Å². The van der Waals surface area contributed by atoms with Gasteiger partial charge < -0.3 is 10.2 Å². The van der Waals surface area contributed by atoms with Crippen molar-refractivity contribution in [2.75, 3.05) is 11.9 Å². The minimum atomic E-state index is -1.68. The summed E-state index contributed by atoms with van der Waals surface area (Å²) in [6, 6.07) is 4.61. The molecule has 2 heterocycles. The Hall–Kier alpha value is -2.90. The second-order valence-electron chi connectivity index (χ2n) is 6.66. The maximum atomic E-state index is 13.8. The lowest BCUT2D eigenvalue weighted by atomic mass is 9.99. The van der Waals surface area contributed by atoms with Crippen molar-refractivity contribution in [3.63, 3.8) is 0 Å². The van der Waals surface area contributed by atoms with Gasteiger partial charge in [0.25, 0.3) is 11.8 Å². The van der Waals surface area contributed by atoms with Gasteiger partial charge in [0, 0.05) is 24.3 Å². The molecule has 0 saturated carbocycles. The van der Waals surface area contributed by atoms with E-state index in [1.54, 1.807) is 4.90 Å². The molecule has 0 aliphatic carbocycles. The zero-order valence-electron chi connectivity index (χ0n) is 15.3. The van der Waals surface area contributed by atoms with Crippen molar-refractivity contribution in [3.05, 3.63) is 59.2 Å². The van der Waals surface area contributed by atoms with E-state index in [4.69, 9.17) is 0 Å². The number of carbonyl (C=O) groups excluding carboxylic acids is 2. The van der Waals surface area contributed by atoms with E-state index in [0.717, 1.165) is 31.7 Å². The molecule has 1 aliphatic rings. The van der Waals surface area contributed by atoms with Crippen LogP contribution < -0.4 is 5.32 Å². The Labute approximate surface area is 160 Å². The summed E-state index contributed by atoms with van der Waals surface area (Å²) in [4.78, 5) is 30.9. The van der Waals surface area contributed by atoms with Crippen LogP contribution in [0.25, 0.3) is 0 Å². The van der Waals surface area contributed by atoms with Crippen LogP contribution in [0.4, 0.5) is 18.9 Å². The van der Waals surface area contributed by atoms with Gasteiger partial charge in [-0.1, -0.05) is 6.92 Å². The maximum Gasteiger partial charge on any atom is 0.274 e. The van der Waals surface area contributed by atoms with Crippen molar-refractivity contribution in [3.8, 4) is 0 Å². The molecule has 3 rings (SSSR count). The Morgan fingerprint density at radius 3 is 2.71 bits per heavy atom. The summed E-state index contributed by atoms with van der Waals surface area (Å²) in [7, 11) is 0. The van der Waals surface area contributed by atoms with Crippen LogP contribution in [0.5, 0.6) is 0 Å². The Morgan fingerprint density at radius 2 is 1.96 bits per heavy atom. The first-order valence-electron chi connectivity index (χ1n) is 9.14. The number of amides is 2. The molecule has 1 aliphatic heterocycles. The Bertz CT molecular complexity index is 904. The summed E-state index contributed by atoms with van der Waals surface area (Å²) < 4.78 is 40.1. The van der Waals surface area contributed by atoms with Crippen molar-refractivity contribution in [1.29, 1.82) is 0 Å². The number of likely N-dealkylation sites (tertiary alicyclic amines) is 1. The molecule has 148 valence electrons. The van der Waals surface area contributed by atoms with Gasteiger partial charge >= 0.3 is 0 Å². The number of anilines is 1. The second kappa shape index (κ2) is 8.41. The minimum absolute atomic E-state index is 0.125. The van der Waals surface area contributed by atoms with Gasteiger partial charge in [0.15, 0.2) is 17.5 Å². The normalized spacial score (nSPS) is 16.7. The summed E-state index contributed by atoms with van der Waals surface area (Å²) in [6.07, 6.45) is 5.10. The summed E-state index contributed by atoms with van der Waals surface area (Å²) in [6.45, 7) is 2.68. The molecule has 1 unspecified atom stereocenters. The minimum Gasteiger partial charge on any atom is -0.336 e. The third-order valence-corrected chi connectivity index (χ3v) is 4.88. The molecule has 1 atom stereocenters. The third-order valence-electron chi connectivity index (χ3n) is 4.88. The van der Waals surface area contributed by atoms with E-state index in [2.05, 4.69) is 10.3 Å². The second-order valence-corrected chi connectivity index (χ2v) is 6.66. The summed E-state index contributed by atoms with van der Waals surface area (Å²) in [5, 5.41) is 2.15. The van der Waals surface area contributed by atoms with Crippen LogP contribution in [0.3, 0.4) is 0 Å². The highest BCUT2D eigenvalue weighted by atomic mass is 19.2. The lowest BCUT2D eigenvalue weighted by molar-refractivity contribution is 0.0608. The average molecular weight is 391 g/mol. The van der Waals surface area contributed by atoms with Crippen LogP contribution in [0.1, 0.15) is 53.5 Å². The van der Waals surface area contributed by atoms with Crippen LogP contribution in [-0.2, 0) is 0 Å². The number of hydrogen-bond acceptors (Lipinski definition) is 3. The fourth-order valence-corrected chi connectivity index (χ4v) is 3.35. The van der Waals surface area contributed by atoms with E-state index in [1.807, 2.05) is 6.92 Å². The standard InChI is InChI=1S/C20H20F3N3O2/c1-2-13-5-3-4-10-26(13)20(28)12-8-9-24-16(11-12)19(27)25-15-7-6-14(21)17(22)18(15)23/h6-9,11,13H,2-5,10H2,1H3,(H,25,27). The number of aromatic nitrogens is 1. The topological polar surface area (TPSA) is 62.3 Å². The molecule has 0 spiro atoms. The van der Waals surface area contributed by atoms with Gasteiger partial charge in [0.2, 0.25) is 0 Å². The van der Waals surface area contributed by atoms with E-state index >= 15 is 0 Å².